The quantitative estimate of drug-likeness (QED) is 0.688. The van der Waals surface area contributed by atoms with Crippen LogP contribution in [0.4, 0.5) is 4.39 Å². The van der Waals surface area contributed by atoms with E-state index in [1.54, 1.807) is 13.1 Å². The molecule has 0 aliphatic rings. The Morgan fingerprint density at radius 3 is 2.75 bits per heavy atom. The number of halogens is 1. The second kappa shape index (κ2) is 5.56. The zero-order valence-corrected chi connectivity index (χ0v) is 8.81. The molecule has 0 radical (unpaired) electrons. The molecule has 1 rings (SSSR count). The molecule has 16 heavy (non-hydrogen) atoms. The SMILES string of the molecule is CNCC(O)C(O)c1cccc(F)c1C#N. The van der Waals surface area contributed by atoms with Crippen LogP contribution in [0.25, 0.3) is 0 Å². The maximum absolute atomic E-state index is 13.2. The number of aliphatic hydroxyl groups is 2. The molecule has 0 fully saturated rings. The summed E-state index contributed by atoms with van der Waals surface area (Å²) in [6.45, 7) is 0.155. The van der Waals surface area contributed by atoms with Crippen LogP contribution in [0.15, 0.2) is 18.2 Å². The van der Waals surface area contributed by atoms with Crippen LogP contribution in [0.5, 0.6) is 0 Å². The third-order valence-corrected chi connectivity index (χ3v) is 2.25. The largest absolute Gasteiger partial charge is 0.389 e. The second-order valence-corrected chi connectivity index (χ2v) is 3.39. The number of likely N-dealkylation sites (N-methyl/N-ethyl adjacent to an activating group) is 1. The Kier molecular flexibility index (Phi) is 4.38. The van der Waals surface area contributed by atoms with Gasteiger partial charge in [0.2, 0.25) is 0 Å². The lowest BCUT2D eigenvalue weighted by Crippen LogP contribution is -2.30. The number of nitrogens with one attached hydrogen (secondary N) is 1. The second-order valence-electron chi connectivity index (χ2n) is 3.39. The van der Waals surface area contributed by atoms with E-state index < -0.39 is 18.0 Å². The smallest absolute Gasteiger partial charge is 0.141 e. The predicted octanol–water partition coefficient (Wildman–Crippen LogP) is 0.311. The van der Waals surface area contributed by atoms with Crippen LogP contribution in [0.2, 0.25) is 0 Å². The average molecular weight is 224 g/mol. The topological polar surface area (TPSA) is 76.3 Å². The van der Waals surface area contributed by atoms with Crippen LogP contribution in [0.1, 0.15) is 17.2 Å². The van der Waals surface area contributed by atoms with Crippen LogP contribution in [-0.2, 0) is 0 Å². The van der Waals surface area contributed by atoms with E-state index in [4.69, 9.17) is 5.26 Å². The molecule has 0 aliphatic carbocycles. The van der Waals surface area contributed by atoms with Gasteiger partial charge >= 0.3 is 0 Å². The zero-order chi connectivity index (χ0) is 12.1. The third kappa shape index (κ3) is 2.55. The van der Waals surface area contributed by atoms with Crippen molar-refractivity contribution in [3.63, 3.8) is 0 Å². The summed E-state index contributed by atoms with van der Waals surface area (Å²) in [5, 5.41) is 30.7. The maximum atomic E-state index is 13.2. The van der Waals surface area contributed by atoms with Crippen molar-refractivity contribution in [2.24, 2.45) is 0 Å². The molecule has 1 aromatic carbocycles. The molecule has 0 saturated carbocycles. The molecule has 0 bridgehead atoms. The highest BCUT2D eigenvalue weighted by Crippen LogP contribution is 2.22. The maximum Gasteiger partial charge on any atom is 0.141 e. The van der Waals surface area contributed by atoms with Crippen molar-refractivity contribution in [3.05, 3.63) is 35.1 Å². The molecule has 5 heteroatoms. The summed E-state index contributed by atoms with van der Waals surface area (Å²) in [5.41, 5.74) is -0.129. The Bertz CT molecular complexity index is 403. The van der Waals surface area contributed by atoms with Gasteiger partial charge in [0.25, 0.3) is 0 Å². The first-order valence-electron chi connectivity index (χ1n) is 4.81. The zero-order valence-electron chi connectivity index (χ0n) is 8.81. The Morgan fingerprint density at radius 2 is 2.19 bits per heavy atom. The van der Waals surface area contributed by atoms with Crippen LogP contribution in [-0.4, -0.2) is 29.9 Å². The Labute approximate surface area is 93.0 Å². The fourth-order valence-electron chi connectivity index (χ4n) is 1.43. The van der Waals surface area contributed by atoms with E-state index in [0.717, 1.165) is 6.07 Å². The van der Waals surface area contributed by atoms with E-state index in [2.05, 4.69) is 5.32 Å². The Balaban J connectivity index is 3.04. The number of benzene rings is 1. The molecule has 0 spiro atoms. The van der Waals surface area contributed by atoms with Crippen molar-refractivity contribution in [2.45, 2.75) is 12.2 Å². The molecule has 0 saturated heterocycles. The number of aliphatic hydroxyl groups excluding tert-OH is 2. The monoisotopic (exact) mass is 224 g/mol. The van der Waals surface area contributed by atoms with E-state index >= 15 is 0 Å². The van der Waals surface area contributed by atoms with Gasteiger partial charge in [-0.3, -0.25) is 0 Å². The summed E-state index contributed by atoms with van der Waals surface area (Å²) in [6, 6.07) is 5.62. The van der Waals surface area contributed by atoms with Crippen molar-refractivity contribution >= 4 is 0 Å². The van der Waals surface area contributed by atoms with Crippen LogP contribution < -0.4 is 5.32 Å². The Morgan fingerprint density at radius 1 is 1.50 bits per heavy atom. The minimum absolute atomic E-state index is 0.102. The first kappa shape index (κ1) is 12.6. The molecular weight excluding hydrogens is 211 g/mol. The lowest BCUT2D eigenvalue weighted by atomic mass is 9.99. The van der Waals surface area contributed by atoms with Gasteiger partial charge in [-0.1, -0.05) is 12.1 Å². The number of hydrogen-bond donors (Lipinski definition) is 3. The molecule has 1 aromatic rings. The van der Waals surface area contributed by atoms with E-state index in [1.807, 2.05) is 0 Å². The minimum Gasteiger partial charge on any atom is -0.389 e. The van der Waals surface area contributed by atoms with Crippen molar-refractivity contribution in [1.82, 2.24) is 5.32 Å². The first-order valence-corrected chi connectivity index (χ1v) is 4.81. The van der Waals surface area contributed by atoms with E-state index in [-0.39, 0.29) is 17.7 Å². The highest BCUT2D eigenvalue weighted by atomic mass is 19.1. The van der Waals surface area contributed by atoms with Gasteiger partial charge < -0.3 is 15.5 Å². The van der Waals surface area contributed by atoms with Crippen molar-refractivity contribution in [3.8, 4) is 6.07 Å². The molecule has 86 valence electrons. The van der Waals surface area contributed by atoms with Crippen molar-refractivity contribution < 1.29 is 14.6 Å². The van der Waals surface area contributed by atoms with E-state index in [9.17, 15) is 14.6 Å². The summed E-state index contributed by atoms with van der Waals surface area (Å²) in [5.74, 6) is -0.698. The summed E-state index contributed by atoms with van der Waals surface area (Å²) >= 11 is 0. The van der Waals surface area contributed by atoms with E-state index in [0.29, 0.717) is 0 Å². The highest BCUT2D eigenvalue weighted by molar-refractivity contribution is 5.40. The van der Waals surface area contributed by atoms with Crippen molar-refractivity contribution in [1.29, 1.82) is 5.26 Å². The predicted molar refractivity (Wildman–Crippen MR) is 56.0 cm³/mol. The van der Waals surface area contributed by atoms with Crippen LogP contribution in [0, 0.1) is 17.1 Å². The Hall–Kier alpha value is -1.48. The minimum atomic E-state index is -1.28. The van der Waals surface area contributed by atoms with Gasteiger partial charge in [0.05, 0.1) is 11.7 Å². The highest BCUT2D eigenvalue weighted by Gasteiger charge is 2.22. The molecule has 2 unspecified atom stereocenters. The summed E-state index contributed by atoms with van der Waals surface area (Å²) in [7, 11) is 1.62. The summed E-state index contributed by atoms with van der Waals surface area (Å²) in [4.78, 5) is 0. The van der Waals surface area contributed by atoms with Gasteiger partial charge in [-0.05, 0) is 13.1 Å². The average Bonchev–Trinajstić information content (AvgIpc) is 2.28. The summed E-state index contributed by atoms with van der Waals surface area (Å²) in [6.07, 6.45) is -2.36. The standard InChI is InChI=1S/C11H13FN2O2/c1-14-6-10(15)11(16)7-3-2-4-9(12)8(7)5-13/h2-4,10-11,14-16H,6H2,1H3. The van der Waals surface area contributed by atoms with Crippen LogP contribution >= 0.6 is 0 Å². The number of nitriles is 1. The van der Waals surface area contributed by atoms with Gasteiger partial charge in [-0.25, -0.2) is 4.39 Å². The lowest BCUT2D eigenvalue weighted by molar-refractivity contribution is 0.0199. The lowest BCUT2D eigenvalue weighted by Gasteiger charge is -2.18. The van der Waals surface area contributed by atoms with E-state index in [1.165, 1.54) is 12.1 Å². The van der Waals surface area contributed by atoms with Gasteiger partial charge in [-0.2, -0.15) is 5.26 Å². The fraction of sp³-hybridized carbons (Fsp3) is 0.364. The number of nitrogens with zero attached hydrogens (tertiary/aromatic N) is 1. The molecule has 0 amide bonds. The number of hydrogen-bond acceptors (Lipinski definition) is 4. The third-order valence-electron chi connectivity index (χ3n) is 2.25. The van der Waals surface area contributed by atoms with Crippen molar-refractivity contribution in [2.75, 3.05) is 13.6 Å². The fourth-order valence-corrected chi connectivity index (χ4v) is 1.43. The summed E-state index contributed by atoms with van der Waals surface area (Å²) < 4.78 is 13.2. The molecule has 4 nitrogen and oxygen atoms in total. The molecule has 0 aliphatic heterocycles. The van der Waals surface area contributed by atoms with Gasteiger partial charge in [0.15, 0.2) is 0 Å². The normalized spacial score (nSPS) is 14.2. The molecule has 3 N–H and O–H groups in total. The van der Waals surface area contributed by atoms with Gasteiger partial charge in [-0.15, -0.1) is 0 Å². The van der Waals surface area contributed by atoms with Gasteiger partial charge in [0, 0.05) is 12.1 Å². The molecular formula is C11H13FN2O2. The molecule has 2 atom stereocenters. The number of rotatable bonds is 4. The molecule has 0 heterocycles. The first-order chi connectivity index (χ1) is 7.61. The van der Waals surface area contributed by atoms with Crippen LogP contribution in [0.3, 0.4) is 0 Å². The van der Waals surface area contributed by atoms with Gasteiger partial charge in [0.1, 0.15) is 18.0 Å². The molecule has 0 aromatic heterocycles.